The molecule has 0 aromatic heterocycles. The van der Waals surface area contributed by atoms with Crippen molar-refractivity contribution in [2.45, 2.75) is 57.6 Å². The van der Waals surface area contributed by atoms with Crippen LogP contribution in [0.15, 0.2) is 114 Å². The standard InChI is InChI=1S/C35H39N3O5S/c1-5-27(3)36-35(40)28(4)37(24-29-18-16-26(2)17-19-29)34(39)25-38(44(41,42)33-14-10-7-11-15-33)30-20-22-32(23-21-30)43-31-12-8-6-9-13-31/h6-23,27-28H,5,24-25H2,1-4H3,(H,36,40)/t27-,28-/m0/s1. The maximum absolute atomic E-state index is 14.1. The number of hydrogen-bond donors (Lipinski definition) is 1. The molecule has 0 bridgehead atoms. The smallest absolute Gasteiger partial charge is 0.264 e. The third-order valence-electron chi connectivity index (χ3n) is 7.36. The molecule has 0 fully saturated rings. The number of carbonyl (C=O) groups excluding carboxylic acids is 2. The highest BCUT2D eigenvalue weighted by molar-refractivity contribution is 7.92. The van der Waals surface area contributed by atoms with Crippen molar-refractivity contribution in [3.05, 3.63) is 120 Å². The van der Waals surface area contributed by atoms with E-state index in [0.717, 1.165) is 21.9 Å². The molecule has 2 amide bonds. The Morgan fingerprint density at radius 1 is 0.795 bits per heavy atom. The first-order chi connectivity index (χ1) is 21.1. The van der Waals surface area contributed by atoms with Gasteiger partial charge in [-0.15, -0.1) is 0 Å². The summed E-state index contributed by atoms with van der Waals surface area (Å²) < 4.78 is 35.0. The number of carbonyl (C=O) groups is 2. The van der Waals surface area contributed by atoms with Crippen LogP contribution >= 0.6 is 0 Å². The number of para-hydroxylation sites is 1. The first kappa shape index (κ1) is 32.3. The van der Waals surface area contributed by atoms with Gasteiger partial charge in [-0.3, -0.25) is 13.9 Å². The molecular weight excluding hydrogens is 574 g/mol. The third-order valence-corrected chi connectivity index (χ3v) is 9.14. The topological polar surface area (TPSA) is 96.0 Å². The molecule has 230 valence electrons. The van der Waals surface area contributed by atoms with E-state index in [0.29, 0.717) is 11.5 Å². The van der Waals surface area contributed by atoms with E-state index in [1.807, 2.05) is 75.4 Å². The van der Waals surface area contributed by atoms with E-state index in [1.165, 1.54) is 17.0 Å². The zero-order valence-corrected chi connectivity index (χ0v) is 26.3. The maximum atomic E-state index is 14.1. The van der Waals surface area contributed by atoms with Crippen molar-refractivity contribution in [1.29, 1.82) is 0 Å². The van der Waals surface area contributed by atoms with Gasteiger partial charge in [0.2, 0.25) is 11.8 Å². The van der Waals surface area contributed by atoms with Crippen molar-refractivity contribution in [2.24, 2.45) is 0 Å². The van der Waals surface area contributed by atoms with Gasteiger partial charge >= 0.3 is 0 Å². The normalized spacial score (nSPS) is 12.5. The van der Waals surface area contributed by atoms with Gasteiger partial charge in [-0.25, -0.2) is 8.42 Å². The van der Waals surface area contributed by atoms with Crippen LogP contribution in [0.1, 0.15) is 38.3 Å². The SMILES string of the molecule is CC[C@H](C)NC(=O)[C@H](C)N(Cc1ccc(C)cc1)C(=O)CN(c1ccc(Oc2ccccc2)cc1)S(=O)(=O)c1ccccc1. The summed E-state index contributed by atoms with van der Waals surface area (Å²) in [5.74, 6) is 0.335. The zero-order chi connectivity index (χ0) is 31.7. The average Bonchev–Trinajstić information content (AvgIpc) is 3.04. The largest absolute Gasteiger partial charge is 0.457 e. The summed E-state index contributed by atoms with van der Waals surface area (Å²) in [6, 6.07) is 30.5. The van der Waals surface area contributed by atoms with Gasteiger partial charge in [0.1, 0.15) is 24.1 Å². The molecule has 1 N–H and O–H groups in total. The molecule has 0 saturated heterocycles. The Bertz CT molecular complexity index is 1630. The Labute approximate surface area is 260 Å². The summed E-state index contributed by atoms with van der Waals surface area (Å²) in [5, 5.41) is 2.95. The fourth-order valence-electron chi connectivity index (χ4n) is 4.49. The van der Waals surface area contributed by atoms with Crippen molar-refractivity contribution >= 4 is 27.5 Å². The van der Waals surface area contributed by atoms with Gasteiger partial charge in [-0.05, 0) is 81.3 Å². The Hall–Kier alpha value is -4.63. The van der Waals surface area contributed by atoms with E-state index >= 15 is 0 Å². The molecule has 8 nitrogen and oxygen atoms in total. The number of ether oxygens (including phenoxy) is 1. The van der Waals surface area contributed by atoms with E-state index in [1.54, 1.807) is 49.4 Å². The summed E-state index contributed by atoms with van der Waals surface area (Å²) in [7, 11) is -4.16. The first-order valence-electron chi connectivity index (χ1n) is 14.6. The Kier molecular flexibility index (Phi) is 10.8. The number of hydrogen-bond acceptors (Lipinski definition) is 5. The second kappa shape index (κ2) is 14.7. The van der Waals surface area contributed by atoms with Crippen molar-refractivity contribution in [3.8, 4) is 11.5 Å². The number of nitrogens with zero attached hydrogens (tertiary/aromatic N) is 2. The van der Waals surface area contributed by atoms with E-state index in [4.69, 9.17) is 4.74 Å². The van der Waals surface area contributed by atoms with Gasteiger partial charge in [0, 0.05) is 12.6 Å². The van der Waals surface area contributed by atoms with E-state index in [9.17, 15) is 18.0 Å². The summed E-state index contributed by atoms with van der Waals surface area (Å²) in [5.41, 5.74) is 2.18. The lowest BCUT2D eigenvalue weighted by atomic mass is 10.1. The molecule has 0 aliphatic heterocycles. The molecule has 0 spiro atoms. The van der Waals surface area contributed by atoms with Crippen LogP contribution in [-0.2, 0) is 26.2 Å². The molecule has 9 heteroatoms. The predicted octanol–water partition coefficient (Wildman–Crippen LogP) is 6.31. The highest BCUT2D eigenvalue weighted by Gasteiger charge is 2.32. The monoisotopic (exact) mass is 613 g/mol. The average molecular weight is 614 g/mol. The summed E-state index contributed by atoms with van der Waals surface area (Å²) >= 11 is 0. The number of rotatable bonds is 13. The van der Waals surface area contributed by atoms with Crippen LogP contribution in [0.4, 0.5) is 5.69 Å². The summed E-state index contributed by atoms with van der Waals surface area (Å²) in [4.78, 5) is 28.8. The second-order valence-electron chi connectivity index (χ2n) is 10.7. The number of anilines is 1. The van der Waals surface area contributed by atoms with Gasteiger partial charge < -0.3 is 15.0 Å². The van der Waals surface area contributed by atoms with Crippen molar-refractivity contribution in [3.63, 3.8) is 0 Å². The Morgan fingerprint density at radius 2 is 1.36 bits per heavy atom. The van der Waals surface area contributed by atoms with E-state index < -0.39 is 28.5 Å². The van der Waals surface area contributed by atoms with Crippen LogP contribution in [0.2, 0.25) is 0 Å². The summed E-state index contributed by atoms with van der Waals surface area (Å²) in [6.45, 7) is 7.12. The second-order valence-corrected chi connectivity index (χ2v) is 12.6. The lowest BCUT2D eigenvalue weighted by Gasteiger charge is -2.32. The number of nitrogens with one attached hydrogen (secondary N) is 1. The highest BCUT2D eigenvalue weighted by atomic mass is 32.2. The van der Waals surface area contributed by atoms with Gasteiger partial charge in [0.15, 0.2) is 0 Å². The molecule has 0 aliphatic carbocycles. The molecule has 4 aromatic rings. The van der Waals surface area contributed by atoms with Gasteiger partial charge in [0.05, 0.1) is 10.6 Å². The molecule has 2 atom stereocenters. The molecular formula is C35H39N3O5S. The number of amides is 2. The molecule has 0 radical (unpaired) electrons. The van der Waals surface area contributed by atoms with Crippen LogP contribution < -0.4 is 14.4 Å². The lowest BCUT2D eigenvalue weighted by Crippen LogP contribution is -2.52. The molecule has 0 aliphatic rings. The quantitative estimate of drug-likeness (QED) is 0.191. The van der Waals surface area contributed by atoms with Gasteiger partial charge in [-0.2, -0.15) is 0 Å². The molecule has 0 saturated carbocycles. The maximum Gasteiger partial charge on any atom is 0.264 e. The molecule has 44 heavy (non-hydrogen) atoms. The number of aryl methyl sites for hydroxylation is 1. The molecule has 0 heterocycles. The van der Waals surface area contributed by atoms with Crippen molar-refractivity contribution in [1.82, 2.24) is 10.2 Å². The Morgan fingerprint density at radius 3 is 1.95 bits per heavy atom. The zero-order valence-electron chi connectivity index (χ0n) is 25.5. The fourth-order valence-corrected chi connectivity index (χ4v) is 5.93. The van der Waals surface area contributed by atoms with Crippen LogP contribution in [0.3, 0.4) is 0 Å². The minimum absolute atomic E-state index is 0.0464. The third kappa shape index (κ3) is 8.26. The molecule has 4 rings (SSSR count). The Balaban J connectivity index is 1.68. The highest BCUT2D eigenvalue weighted by Crippen LogP contribution is 2.28. The lowest BCUT2D eigenvalue weighted by molar-refractivity contribution is -0.139. The fraction of sp³-hybridized carbons (Fsp3) is 0.257. The predicted molar refractivity (Wildman–Crippen MR) is 173 cm³/mol. The first-order valence-corrected chi connectivity index (χ1v) is 16.1. The van der Waals surface area contributed by atoms with Crippen molar-refractivity contribution < 1.29 is 22.7 Å². The van der Waals surface area contributed by atoms with E-state index in [2.05, 4.69) is 5.32 Å². The number of sulfonamides is 1. The molecule has 0 unspecified atom stereocenters. The van der Waals surface area contributed by atoms with Crippen LogP contribution in [-0.4, -0.2) is 43.8 Å². The number of benzene rings is 4. The van der Waals surface area contributed by atoms with Gasteiger partial charge in [-0.1, -0.05) is 73.2 Å². The van der Waals surface area contributed by atoms with E-state index in [-0.39, 0.29) is 29.1 Å². The summed E-state index contributed by atoms with van der Waals surface area (Å²) in [6.07, 6.45) is 0.734. The van der Waals surface area contributed by atoms with Crippen molar-refractivity contribution in [2.75, 3.05) is 10.8 Å². The van der Waals surface area contributed by atoms with Crippen LogP contribution in [0.5, 0.6) is 11.5 Å². The van der Waals surface area contributed by atoms with Gasteiger partial charge in [0.25, 0.3) is 10.0 Å². The molecule has 4 aromatic carbocycles. The minimum atomic E-state index is -4.16. The minimum Gasteiger partial charge on any atom is -0.457 e. The van der Waals surface area contributed by atoms with Crippen LogP contribution in [0, 0.1) is 6.92 Å². The van der Waals surface area contributed by atoms with Crippen LogP contribution in [0.25, 0.3) is 0 Å².